The van der Waals surface area contributed by atoms with Gasteiger partial charge in [0.1, 0.15) is 0 Å². The number of methoxy groups -OCH3 is 1. The van der Waals surface area contributed by atoms with Gasteiger partial charge in [0, 0.05) is 6.04 Å². The third kappa shape index (κ3) is 2.99. The quantitative estimate of drug-likeness (QED) is 0.671. The number of hydrogen-bond acceptors (Lipinski definition) is 3. The highest BCUT2D eigenvalue weighted by Gasteiger charge is 2.25. The maximum Gasteiger partial charge on any atom is 0.319 e. The van der Waals surface area contributed by atoms with Crippen LogP contribution in [0.15, 0.2) is 0 Å². The van der Waals surface area contributed by atoms with Crippen LogP contribution in [0.25, 0.3) is 0 Å². The van der Waals surface area contributed by atoms with Crippen LogP contribution in [0, 0.1) is 5.92 Å². The van der Waals surface area contributed by atoms with E-state index in [9.17, 15) is 4.79 Å². The number of rotatable bonds is 4. The van der Waals surface area contributed by atoms with E-state index >= 15 is 0 Å². The highest BCUT2D eigenvalue weighted by molar-refractivity contribution is 5.71. The molecule has 0 saturated heterocycles. The van der Waals surface area contributed by atoms with Crippen LogP contribution in [-0.4, -0.2) is 25.7 Å². The smallest absolute Gasteiger partial charge is 0.319 e. The fraction of sp³-hybridized carbons (Fsp3) is 0.900. The van der Waals surface area contributed by atoms with Gasteiger partial charge >= 0.3 is 5.97 Å². The summed E-state index contributed by atoms with van der Waals surface area (Å²) in [6.45, 7) is 2.57. The summed E-state index contributed by atoms with van der Waals surface area (Å²) < 4.78 is 4.58. The third-order valence-corrected chi connectivity index (χ3v) is 2.92. The molecule has 0 aromatic heterocycles. The molecule has 0 radical (unpaired) electrons. The van der Waals surface area contributed by atoms with Crippen molar-refractivity contribution in [2.75, 3.05) is 13.7 Å². The molecule has 1 aliphatic rings. The Hall–Kier alpha value is -0.570. The van der Waals surface area contributed by atoms with Gasteiger partial charge in [0.25, 0.3) is 0 Å². The summed E-state index contributed by atoms with van der Waals surface area (Å²) in [5, 5.41) is 3.26. The highest BCUT2D eigenvalue weighted by Crippen LogP contribution is 2.27. The molecule has 3 nitrogen and oxygen atoms in total. The molecule has 1 N–H and O–H groups in total. The Morgan fingerprint density at radius 2 is 2.31 bits per heavy atom. The summed E-state index contributed by atoms with van der Waals surface area (Å²) in [6.07, 6.45) is 5.00. The Kier molecular flexibility index (Phi) is 4.22. The molecule has 0 aromatic rings. The molecule has 0 bridgehead atoms. The molecule has 0 heterocycles. The van der Waals surface area contributed by atoms with Crippen LogP contribution in [-0.2, 0) is 9.53 Å². The van der Waals surface area contributed by atoms with Gasteiger partial charge in [-0.25, -0.2) is 0 Å². The minimum absolute atomic E-state index is 0.165. The molecule has 1 aliphatic carbocycles. The van der Waals surface area contributed by atoms with E-state index in [1.807, 2.05) is 0 Å². The summed E-state index contributed by atoms with van der Waals surface area (Å²) in [5.74, 6) is 0.589. The van der Waals surface area contributed by atoms with Crippen LogP contribution in [0.5, 0.6) is 0 Å². The van der Waals surface area contributed by atoms with Crippen LogP contribution in [0.4, 0.5) is 0 Å². The zero-order chi connectivity index (χ0) is 9.68. The van der Waals surface area contributed by atoms with Gasteiger partial charge in [0.2, 0.25) is 0 Å². The van der Waals surface area contributed by atoms with E-state index in [1.54, 1.807) is 0 Å². The van der Waals surface area contributed by atoms with E-state index in [2.05, 4.69) is 17.0 Å². The fourth-order valence-electron chi connectivity index (χ4n) is 2.08. The van der Waals surface area contributed by atoms with Crippen LogP contribution in [0.2, 0.25) is 0 Å². The number of carbonyl (C=O) groups excluding carboxylic acids is 1. The minimum Gasteiger partial charge on any atom is -0.468 e. The topological polar surface area (TPSA) is 38.3 Å². The molecule has 1 rings (SSSR count). The van der Waals surface area contributed by atoms with Crippen molar-refractivity contribution < 1.29 is 9.53 Å². The Labute approximate surface area is 79.8 Å². The van der Waals surface area contributed by atoms with E-state index in [-0.39, 0.29) is 5.97 Å². The Morgan fingerprint density at radius 1 is 1.54 bits per heavy atom. The summed E-state index contributed by atoms with van der Waals surface area (Å²) in [6, 6.07) is 0.532. The molecule has 0 spiro atoms. The first kappa shape index (κ1) is 10.5. The highest BCUT2D eigenvalue weighted by atomic mass is 16.5. The van der Waals surface area contributed by atoms with Gasteiger partial charge in [-0.15, -0.1) is 0 Å². The Balaban J connectivity index is 2.23. The van der Waals surface area contributed by atoms with Gasteiger partial charge in [0.15, 0.2) is 0 Å². The summed E-state index contributed by atoms with van der Waals surface area (Å²) in [4.78, 5) is 10.9. The van der Waals surface area contributed by atoms with Crippen molar-refractivity contribution in [1.29, 1.82) is 0 Å². The van der Waals surface area contributed by atoms with Crippen molar-refractivity contribution >= 4 is 5.97 Å². The first-order chi connectivity index (χ1) is 6.27. The molecule has 0 aliphatic heterocycles. The van der Waals surface area contributed by atoms with Crippen molar-refractivity contribution in [3.8, 4) is 0 Å². The largest absolute Gasteiger partial charge is 0.468 e. The van der Waals surface area contributed by atoms with E-state index in [0.717, 1.165) is 5.92 Å². The Morgan fingerprint density at radius 3 is 2.92 bits per heavy atom. The van der Waals surface area contributed by atoms with E-state index in [4.69, 9.17) is 0 Å². The second kappa shape index (κ2) is 5.22. The minimum atomic E-state index is -0.165. The first-order valence-electron chi connectivity index (χ1n) is 5.08. The number of carbonyl (C=O) groups is 1. The molecule has 2 unspecified atom stereocenters. The lowest BCUT2D eigenvalue weighted by atomic mass is 10.0. The van der Waals surface area contributed by atoms with Gasteiger partial charge in [0.05, 0.1) is 13.7 Å². The van der Waals surface area contributed by atoms with E-state index in [0.29, 0.717) is 12.6 Å². The van der Waals surface area contributed by atoms with Gasteiger partial charge in [-0.2, -0.15) is 0 Å². The predicted octanol–water partition coefficient (Wildman–Crippen LogP) is 1.33. The van der Waals surface area contributed by atoms with Gasteiger partial charge < -0.3 is 10.1 Å². The van der Waals surface area contributed by atoms with Gasteiger partial charge in [-0.3, -0.25) is 4.79 Å². The molecule has 0 amide bonds. The lowest BCUT2D eigenvalue weighted by Crippen LogP contribution is -2.36. The standard InChI is InChI=1S/C10H19NO2/c1-3-8-5-4-6-9(8)11-7-10(12)13-2/h8-9,11H,3-7H2,1-2H3. The molecule has 1 saturated carbocycles. The molecular weight excluding hydrogens is 166 g/mol. The molecule has 0 aromatic carbocycles. The first-order valence-corrected chi connectivity index (χ1v) is 5.08. The van der Waals surface area contributed by atoms with Crippen LogP contribution in [0.3, 0.4) is 0 Å². The molecule has 3 heteroatoms. The molecule has 13 heavy (non-hydrogen) atoms. The Bertz CT molecular complexity index is 170. The normalized spacial score (nSPS) is 27.5. The zero-order valence-electron chi connectivity index (χ0n) is 8.51. The summed E-state index contributed by atoms with van der Waals surface area (Å²) in [5.41, 5.74) is 0. The third-order valence-electron chi connectivity index (χ3n) is 2.92. The SMILES string of the molecule is CCC1CCCC1NCC(=O)OC. The molecule has 76 valence electrons. The predicted molar refractivity (Wildman–Crippen MR) is 51.4 cm³/mol. The second-order valence-electron chi connectivity index (χ2n) is 3.66. The number of nitrogens with one attached hydrogen (secondary N) is 1. The monoisotopic (exact) mass is 185 g/mol. The maximum absolute atomic E-state index is 10.9. The zero-order valence-corrected chi connectivity index (χ0v) is 8.51. The number of ether oxygens (including phenoxy) is 1. The number of esters is 1. The van der Waals surface area contributed by atoms with Gasteiger partial charge in [-0.1, -0.05) is 19.8 Å². The van der Waals surface area contributed by atoms with Crippen molar-refractivity contribution in [2.24, 2.45) is 5.92 Å². The van der Waals surface area contributed by atoms with E-state index in [1.165, 1.54) is 32.8 Å². The summed E-state index contributed by atoms with van der Waals surface area (Å²) >= 11 is 0. The average Bonchev–Trinajstić information content (AvgIpc) is 2.61. The van der Waals surface area contributed by atoms with Gasteiger partial charge in [-0.05, 0) is 18.8 Å². The maximum atomic E-state index is 10.9. The molecule has 2 atom stereocenters. The van der Waals surface area contributed by atoms with E-state index < -0.39 is 0 Å². The van der Waals surface area contributed by atoms with Crippen molar-refractivity contribution in [1.82, 2.24) is 5.32 Å². The molecule has 1 fully saturated rings. The van der Waals surface area contributed by atoms with Crippen LogP contribution in [0.1, 0.15) is 32.6 Å². The second-order valence-corrected chi connectivity index (χ2v) is 3.66. The molecular formula is C10H19NO2. The van der Waals surface area contributed by atoms with Crippen molar-refractivity contribution in [3.63, 3.8) is 0 Å². The lowest BCUT2D eigenvalue weighted by Gasteiger charge is -2.18. The van der Waals surface area contributed by atoms with Crippen LogP contribution < -0.4 is 5.32 Å². The number of hydrogen-bond donors (Lipinski definition) is 1. The lowest BCUT2D eigenvalue weighted by molar-refractivity contribution is -0.139. The van der Waals surface area contributed by atoms with Crippen molar-refractivity contribution in [3.05, 3.63) is 0 Å². The summed E-state index contributed by atoms with van der Waals surface area (Å²) in [7, 11) is 1.43. The van der Waals surface area contributed by atoms with Crippen molar-refractivity contribution in [2.45, 2.75) is 38.6 Å². The fourth-order valence-corrected chi connectivity index (χ4v) is 2.08. The average molecular weight is 185 g/mol. The van der Waals surface area contributed by atoms with Crippen LogP contribution >= 0.6 is 0 Å².